The van der Waals surface area contributed by atoms with Crippen molar-refractivity contribution in [2.24, 2.45) is 0 Å². The van der Waals surface area contributed by atoms with Crippen LogP contribution in [0.5, 0.6) is 0 Å². The second-order valence-electron chi connectivity index (χ2n) is 18.0. The van der Waals surface area contributed by atoms with Gasteiger partial charge < -0.3 is 9.32 Å². The summed E-state index contributed by atoms with van der Waals surface area (Å²) in [5, 5.41) is 9.70. The highest BCUT2D eigenvalue weighted by molar-refractivity contribution is 6.26. The minimum atomic E-state index is -0.190. The molecule has 0 unspecified atom stereocenters. The SMILES string of the molecule is CC1(C)c2ccccc2-c2ccc(N(c3cc(-c4ccccc4)cc(-c4ccccc4)c3)c3ccc4oc5ccccc5c4c3-c3ccc4c5ccccc5c5ccccc5c4c3)cc21. The number of para-hydroxylation sites is 1. The van der Waals surface area contributed by atoms with Crippen LogP contribution in [0, 0.1) is 0 Å². The van der Waals surface area contributed by atoms with E-state index in [1.54, 1.807) is 0 Å². The van der Waals surface area contributed by atoms with Crippen molar-refractivity contribution in [2.75, 3.05) is 4.90 Å². The van der Waals surface area contributed by atoms with Gasteiger partial charge in [0.15, 0.2) is 0 Å². The molecule has 0 fully saturated rings. The lowest BCUT2D eigenvalue weighted by Crippen LogP contribution is -2.17. The lowest BCUT2D eigenvalue weighted by molar-refractivity contribution is 0.660. The van der Waals surface area contributed by atoms with Crippen LogP contribution in [0.2, 0.25) is 0 Å². The lowest BCUT2D eigenvalue weighted by Gasteiger charge is -2.31. The quantitative estimate of drug-likeness (QED) is 0.155. The number of benzene rings is 11. The predicted molar refractivity (Wildman–Crippen MR) is 275 cm³/mol. The van der Waals surface area contributed by atoms with Gasteiger partial charge in [0, 0.05) is 33.1 Å². The molecule has 0 amide bonds. The summed E-state index contributed by atoms with van der Waals surface area (Å²) >= 11 is 0. The normalized spacial score (nSPS) is 12.9. The average molecular weight is 830 g/mol. The zero-order valence-corrected chi connectivity index (χ0v) is 36.2. The summed E-state index contributed by atoms with van der Waals surface area (Å²) in [5.74, 6) is 0. The Bertz CT molecular complexity index is 3770. The Morgan fingerprint density at radius 2 is 0.892 bits per heavy atom. The molecule has 0 saturated carbocycles. The molecule has 65 heavy (non-hydrogen) atoms. The van der Waals surface area contributed by atoms with Crippen molar-refractivity contribution in [1.82, 2.24) is 0 Å². The van der Waals surface area contributed by atoms with E-state index in [4.69, 9.17) is 4.42 Å². The van der Waals surface area contributed by atoms with Gasteiger partial charge in [-0.1, -0.05) is 184 Å². The van der Waals surface area contributed by atoms with Crippen molar-refractivity contribution in [3.8, 4) is 44.5 Å². The van der Waals surface area contributed by atoms with Crippen LogP contribution in [0.1, 0.15) is 25.0 Å². The molecule has 12 aromatic rings. The zero-order chi connectivity index (χ0) is 43.2. The Kier molecular flexibility index (Phi) is 8.29. The minimum absolute atomic E-state index is 0.190. The summed E-state index contributed by atoms with van der Waals surface area (Å²) in [7, 11) is 0. The number of fused-ring (bicyclic) bond motifs is 12. The van der Waals surface area contributed by atoms with Crippen LogP contribution in [-0.2, 0) is 5.41 Å². The van der Waals surface area contributed by atoms with Crippen LogP contribution in [0.15, 0.2) is 229 Å². The molecule has 1 aliphatic carbocycles. The summed E-state index contributed by atoms with van der Waals surface area (Å²) in [4.78, 5) is 2.51. The molecule has 0 N–H and O–H groups in total. The Morgan fingerprint density at radius 3 is 1.57 bits per heavy atom. The van der Waals surface area contributed by atoms with E-state index >= 15 is 0 Å². The molecule has 306 valence electrons. The molecule has 0 aliphatic heterocycles. The third kappa shape index (κ3) is 5.81. The molecule has 13 rings (SSSR count). The van der Waals surface area contributed by atoms with Crippen molar-refractivity contribution in [3.05, 3.63) is 236 Å². The summed E-state index contributed by atoms with van der Waals surface area (Å²) in [6.45, 7) is 4.74. The van der Waals surface area contributed by atoms with E-state index in [0.29, 0.717) is 0 Å². The lowest BCUT2D eigenvalue weighted by atomic mass is 9.82. The molecule has 11 aromatic carbocycles. The van der Waals surface area contributed by atoms with E-state index in [-0.39, 0.29) is 5.41 Å². The van der Waals surface area contributed by atoms with E-state index in [0.717, 1.165) is 61.3 Å². The van der Waals surface area contributed by atoms with Crippen LogP contribution in [0.4, 0.5) is 17.1 Å². The smallest absolute Gasteiger partial charge is 0.136 e. The minimum Gasteiger partial charge on any atom is -0.456 e. The molecule has 0 atom stereocenters. The number of hydrogen-bond acceptors (Lipinski definition) is 2. The molecule has 1 heterocycles. The largest absolute Gasteiger partial charge is 0.456 e. The molecular weight excluding hydrogens is 787 g/mol. The predicted octanol–water partition coefficient (Wildman–Crippen LogP) is 17.8. The van der Waals surface area contributed by atoms with Gasteiger partial charge in [-0.3, -0.25) is 0 Å². The second-order valence-corrected chi connectivity index (χ2v) is 18.0. The highest BCUT2D eigenvalue weighted by Gasteiger charge is 2.36. The van der Waals surface area contributed by atoms with Crippen molar-refractivity contribution in [2.45, 2.75) is 19.3 Å². The van der Waals surface area contributed by atoms with Gasteiger partial charge in [0.2, 0.25) is 0 Å². The molecule has 0 radical (unpaired) electrons. The van der Waals surface area contributed by atoms with Gasteiger partial charge in [0.05, 0.1) is 5.69 Å². The van der Waals surface area contributed by atoms with Crippen LogP contribution >= 0.6 is 0 Å². The highest BCUT2D eigenvalue weighted by atomic mass is 16.3. The molecular formula is C63H43NO. The number of anilines is 3. The van der Waals surface area contributed by atoms with E-state index in [1.165, 1.54) is 65.7 Å². The second kappa shape index (κ2) is 14.4. The van der Waals surface area contributed by atoms with E-state index in [2.05, 4.69) is 243 Å². The monoisotopic (exact) mass is 829 g/mol. The van der Waals surface area contributed by atoms with Gasteiger partial charge >= 0.3 is 0 Å². The third-order valence-electron chi connectivity index (χ3n) is 14.0. The van der Waals surface area contributed by atoms with Crippen LogP contribution < -0.4 is 4.90 Å². The fraction of sp³-hybridized carbons (Fsp3) is 0.0476. The maximum absolute atomic E-state index is 6.74. The number of hydrogen-bond donors (Lipinski definition) is 0. The van der Waals surface area contributed by atoms with Gasteiger partial charge in [0.1, 0.15) is 11.2 Å². The molecule has 2 heteroatoms. The molecule has 0 spiro atoms. The van der Waals surface area contributed by atoms with Crippen molar-refractivity contribution >= 4 is 71.3 Å². The van der Waals surface area contributed by atoms with Crippen molar-refractivity contribution in [1.29, 1.82) is 0 Å². The summed E-state index contributed by atoms with van der Waals surface area (Å²) in [6, 6.07) is 82.4. The summed E-state index contributed by atoms with van der Waals surface area (Å²) < 4.78 is 6.74. The first-order valence-corrected chi connectivity index (χ1v) is 22.6. The fourth-order valence-corrected chi connectivity index (χ4v) is 10.9. The standard InChI is InChI=1S/C63H43NO/c1-63(2)56-27-15-13-25-52(56)53-32-30-45(39-57(53)63)64(46-36-43(40-17-5-3-6-18-40)35-44(37-46)41-19-7-4-8-20-41)58-33-34-60-62(54-26-14-16-28-59(54)65-60)61(58)42-29-31-51-49-23-10-9-21-47(49)48-22-11-12-24-50(48)55(51)38-42/h3-39H,1-2H3. The van der Waals surface area contributed by atoms with Crippen LogP contribution in [0.3, 0.4) is 0 Å². The van der Waals surface area contributed by atoms with Gasteiger partial charge in [-0.2, -0.15) is 0 Å². The van der Waals surface area contributed by atoms with Gasteiger partial charge in [-0.15, -0.1) is 0 Å². The summed E-state index contributed by atoms with van der Waals surface area (Å²) in [6.07, 6.45) is 0. The van der Waals surface area contributed by atoms with Gasteiger partial charge in [-0.25, -0.2) is 0 Å². The highest BCUT2D eigenvalue weighted by Crippen LogP contribution is 2.53. The zero-order valence-electron chi connectivity index (χ0n) is 36.2. The number of furan rings is 1. The maximum Gasteiger partial charge on any atom is 0.136 e. The van der Waals surface area contributed by atoms with Gasteiger partial charge in [0.25, 0.3) is 0 Å². The Hall–Kier alpha value is -8.20. The average Bonchev–Trinajstić information content (AvgIpc) is 3.86. The number of nitrogens with zero attached hydrogens (tertiary/aromatic N) is 1. The van der Waals surface area contributed by atoms with Crippen LogP contribution in [-0.4, -0.2) is 0 Å². The fourth-order valence-electron chi connectivity index (χ4n) is 10.9. The van der Waals surface area contributed by atoms with Crippen LogP contribution in [0.25, 0.3) is 98.8 Å². The molecule has 1 aromatic heterocycles. The molecule has 0 bridgehead atoms. The first-order chi connectivity index (χ1) is 32.0. The summed E-state index contributed by atoms with van der Waals surface area (Å²) in [5.41, 5.74) is 17.0. The topological polar surface area (TPSA) is 16.4 Å². The molecule has 0 saturated heterocycles. The Morgan fingerprint density at radius 1 is 0.338 bits per heavy atom. The first-order valence-electron chi connectivity index (χ1n) is 22.6. The Balaban J connectivity index is 1.15. The van der Waals surface area contributed by atoms with Crippen molar-refractivity contribution in [3.63, 3.8) is 0 Å². The number of rotatable bonds is 6. The first kappa shape index (κ1) is 37.4. The third-order valence-corrected chi connectivity index (χ3v) is 14.0. The maximum atomic E-state index is 6.74. The Labute approximate surface area is 378 Å². The molecule has 1 aliphatic rings. The molecule has 2 nitrogen and oxygen atoms in total. The van der Waals surface area contributed by atoms with E-state index in [9.17, 15) is 0 Å². The van der Waals surface area contributed by atoms with Gasteiger partial charge in [-0.05, 0) is 137 Å². The van der Waals surface area contributed by atoms with Crippen molar-refractivity contribution < 1.29 is 4.42 Å². The van der Waals surface area contributed by atoms with E-state index < -0.39 is 0 Å². The van der Waals surface area contributed by atoms with E-state index in [1.807, 2.05) is 0 Å².